The molecule has 0 aliphatic carbocycles. The van der Waals surface area contributed by atoms with Gasteiger partial charge in [-0.3, -0.25) is 0 Å². The number of hydrogen-bond acceptors (Lipinski definition) is 2. The highest BCUT2D eigenvalue weighted by Crippen LogP contribution is 2.20. The van der Waals surface area contributed by atoms with Gasteiger partial charge in [0.05, 0.1) is 5.60 Å². The van der Waals surface area contributed by atoms with Gasteiger partial charge in [0.15, 0.2) is 0 Å². The predicted molar refractivity (Wildman–Crippen MR) is 69.1 cm³/mol. The molecule has 0 aliphatic heterocycles. The Morgan fingerprint density at radius 1 is 1.27 bits per heavy atom. The summed E-state index contributed by atoms with van der Waals surface area (Å²) < 4.78 is 5.50. The lowest BCUT2D eigenvalue weighted by atomic mass is 9.87. The molecule has 2 nitrogen and oxygen atoms in total. The SMILES string of the molecule is CC(C)C(C)(C)OB(O)C#C[Si](C)(C)C. The molecule has 0 aliphatic rings. The van der Waals surface area contributed by atoms with Crippen LogP contribution in [0.15, 0.2) is 0 Å². The summed E-state index contributed by atoms with van der Waals surface area (Å²) in [6.07, 6.45) is 0. The van der Waals surface area contributed by atoms with E-state index in [4.69, 9.17) is 4.65 Å². The van der Waals surface area contributed by atoms with E-state index >= 15 is 0 Å². The maximum Gasteiger partial charge on any atom is 0.547 e. The molecule has 0 radical (unpaired) electrons. The molecule has 0 saturated carbocycles. The molecule has 0 amide bonds. The summed E-state index contributed by atoms with van der Waals surface area (Å²) in [6, 6.07) is 0. The summed E-state index contributed by atoms with van der Waals surface area (Å²) in [5.74, 6) is 3.13. The molecule has 0 aromatic rings. The summed E-state index contributed by atoms with van der Waals surface area (Å²) in [6.45, 7) is 14.5. The quantitative estimate of drug-likeness (QED) is 0.591. The number of rotatable bonds is 3. The summed E-state index contributed by atoms with van der Waals surface area (Å²) in [4.78, 5) is 0. The van der Waals surface area contributed by atoms with Crippen molar-refractivity contribution in [3.63, 3.8) is 0 Å². The van der Waals surface area contributed by atoms with Gasteiger partial charge in [-0.2, -0.15) is 0 Å². The fourth-order valence-corrected chi connectivity index (χ4v) is 1.29. The largest absolute Gasteiger partial charge is 0.547 e. The lowest BCUT2D eigenvalue weighted by Crippen LogP contribution is -2.37. The maximum atomic E-state index is 9.62. The molecular weight excluding hydrogens is 203 g/mol. The van der Waals surface area contributed by atoms with Crippen molar-refractivity contribution in [2.75, 3.05) is 0 Å². The molecule has 0 unspecified atom stereocenters. The monoisotopic (exact) mass is 226 g/mol. The van der Waals surface area contributed by atoms with Gasteiger partial charge in [-0.05, 0) is 19.8 Å². The van der Waals surface area contributed by atoms with Gasteiger partial charge < -0.3 is 9.68 Å². The predicted octanol–water partition coefficient (Wildman–Crippen LogP) is 2.34. The average Bonchev–Trinajstić information content (AvgIpc) is 1.98. The minimum atomic E-state index is -1.42. The lowest BCUT2D eigenvalue weighted by Gasteiger charge is -2.30. The zero-order valence-corrected chi connectivity index (χ0v) is 12.0. The smallest absolute Gasteiger partial charge is 0.416 e. The van der Waals surface area contributed by atoms with E-state index in [2.05, 4.69) is 44.9 Å². The molecule has 0 fully saturated rings. The highest BCUT2D eigenvalue weighted by atomic mass is 28.3. The van der Waals surface area contributed by atoms with Crippen molar-refractivity contribution in [3.8, 4) is 11.4 Å². The van der Waals surface area contributed by atoms with Gasteiger partial charge in [0.25, 0.3) is 0 Å². The minimum absolute atomic E-state index is 0.340. The second-order valence-electron chi connectivity index (χ2n) is 5.75. The fourth-order valence-electron chi connectivity index (χ4n) is 0.731. The van der Waals surface area contributed by atoms with E-state index in [-0.39, 0.29) is 5.60 Å². The van der Waals surface area contributed by atoms with E-state index in [1.165, 1.54) is 0 Å². The van der Waals surface area contributed by atoms with Crippen LogP contribution in [0.2, 0.25) is 19.6 Å². The van der Waals surface area contributed by atoms with Crippen molar-refractivity contribution in [1.82, 2.24) is 0 Å². The topological polar surface area (TPSA) is 29.5 Å². The second kappa shape index (κ2) is 5.20. The molecule has 15 heavy (non-hydrogen) atoms. The molecule has 0 aromatic heterocycles. The molecule has 0 spiro atoms. The first kappa shape index (κ1) is 14.8. The van der Waals surface area contributed by atoms with E-state index in [1.807, 2.05) is 13.8 Å². The molecule has 4 heteroatoms. The van der Waals surface area contributed by atoms with Crippen LogP contribution < -0.4 is 0 Å². The van der Waals surface area contributed by atoms with Crippen LogP contribution in [0.4, 0.5) is 0 Å². The molecular formula is C11H23BO2Si. The summed E-state index contributed by atoms with van der Waals surface area (Å²) in [5, 5.41) is 9.62. The second-order valence-corrected chi connectivity index (χ2v) is 10.5. The summed E-state index contributed by atoms with van der Waals surface area (Å²) in [7, 11) is -2.39. The van der Waals surface area contributed by atoms with Crippen LogP contribution in [0.1, 0.15) is 27.7 Å². The zero-order valence-electron chi connectivity index (χ0n) is 11.0. The molecule has 86 valence electrons. The van der Waals surface area contributed by atoms with Gasteiger partial charge in [0.1, 0.15) is 8.07 Å². The Balaban J connectivity index is 4.37. The van der Waals surface area contributed by atoms with Crippen molar-refractivity contribution in [1.29, 1.82) is 0 Å². The Kier molecular flexibility index (Phi) is 5.12. The summed E-state index contributed by atoms with van der Waals surface area (Å²) in [5.41, 5.74) is 2.76. The minimum Gasteiger partial charge on any atom is -0.416 e. The molecule has 0 saturated heterocycles. The third-order valence-corrected chi connectivity index (χ3v) is 3.27. The van der Waals surface area contributed by atoms with Gasteiger partial charge >= 0.3 is 7.12 Å². The van der Waals surface area contributed by atoms with Crippen LogP contribution in [-0.4, -0.2) is 25.8 Å². The maximum absolute atomic E-state index is 9.62. The van der Waals surface area contributed by atoms with Crippen molar-refractivity contribution < 1.29 is 9.68 Å². The molecule has 1 N–H and O–H groups in total. The van der Waals surface area contributed by atoms with Crippen LogP contribution in [0.3, 0.4) is 0 Å². The van der Waals surface area contributed by atoms with Gasteiger partial charge in [-0.1, -0.05) is 39.3 Å². The Labute approximate surface area is 95.6 Å². The third kappa shape index (κ3) is 6.78. The van der Waals surface area contributed by atoms with E-state index in [0.29, 0.717) is 5.92 Å². The summed E-state index contributed by atoms with van der Waals surface area (Å²) >= 11 is 0. The van der Waals surface area contributed by atoms with Gasteiger partial charge in [0.2, 0.25) is 0 Å². The first-order valence-electron chi connectivity index (χ1n) is 5.43. The molecule has 0 aromatic carbocycles. The molecule has 0 heterocycles. The highest BCUT2D eigenvalue weighted by Gasteiger charge is 2.28. The van der Waals surface area contributed by atoms with Crippen molar-refractivity contribution in [3.05, 3.63) is 0 Å². The van der Waals surface area contributed by atoms with Crippen LogP contribution >= 0.6 is 0 Å². The van der Waals surface area contributed by atoms with Gasteiger partial charge in [0, 0.05) is 0 Å². The Hall–Kier alpha value is -0.238. The standard InChI is InChI=1S/C11H23BO2Si/c1-10(2)11(3,4)14-12(13)8-9-15(5,6)7/h10,13H,1-7H3. The Morgan fingerprint density at radius 2 is 1.73 bits per heavy atom. The van der Waals surface area contributed by atoms with Crippen LogP contribution in [0, 0.1) is 17.3 Å². The van der Waals surface area contributed by atoms with E-state index < -0.39 is 15.2 Å². The number of hydrogen-bond donors (Lipinski definition) is 1. The van der Waals surface area contributed by atoms with E-state index in [1.54, 1.807) is 0 Å². The Bertz CT molecular complexity index is 258. The fraction of sp³-hybridized carbons (Fsp3) is 0.818. The normalized spacial score (nSPS) is 12.3. The van der Waals surface area contributed by atoms with Crippen LogP contribution in [-0.2, 0) is 4.65 Å². The van der Waals surface area contributed by atoms with Crippen molar-refractivity contribution in [2.24, 2.45) is 5.92 Å². The van der Waals surface area contributed by atoms with Gasteiger partial charge in [-0.15, -0.1) is 5.54 Å². The third-order valence-electron chi connectivity index (χ3n) is 2.38. The average molecular weight is 226 g/mol. The van der Waals surface area contributed by atoms with Crippen molar-refractivity contribution in [2.45, 2.75) is 52.9 Å². The van der Waals surface area contributed by atoms with Crippen LogP contribution in [0.5, 0.6) is 0 Å². The van der Waals surface area contributed by atoms with Crippen molar-refractivity contribution >= 4 is 15.2 Å². The highest BCUT2D eigenvalue weighted by molar-refractivity contribution is 6.84. The Morgan fingerprint density at radius 3 is 2.07 bits per heavy atom. The lowest BCUT2D eigenvalue weighted by molar-refractivity contribution is 0.0427. The van der Waals surface area contributed by atoms with E-state index in [0.717, 1.165) is 0 Å². The van der Waals surface area contributed by atoms with E-state index in [9.17, 15) is 5.02 Å². The zero-order chi connectivity index (χ0) is 12.3. The van der Waals surface area contributed by atoms with Crippen LogP contribution in [0.25, 0.3) is 0 Å². The van der Waals surface area contributed by atoms with Gasteiger partial charge in [-0.25, -0.2) is 0 Å². The first-order chi connectivity index (χ1) is 6.54. The molecule has 0 atom stereocenters. The molecule has 0 bridgehead atoms. The first-order valence-corrected chi connectivity index (χ1v) is 8.93. The molecule has 0 rings (SSSR count).